The van der Waals surface area contributed by atoms with E-state index in [2.05, 4.69) is 5.32 Å². The Labute approximate surface area is 108 Å². The van der Waals surface area contributed by atoms with Gasteiger partial charge in [-0.25, -0.2) is 4.79 Å². The fourth-order valence-electron chi connectivity index (χ4n) is 2.42. The molecule has 5 heteroatoms. The van der Waals surface area contributed by atoms with Crippen molar-refractivity contribution in [3.63, 3.8) is 0 Å². The van der Waals surface area contributed by atoms with Crippen LogP contribution in [-0.2, 0) is 4.79 Å². The molecule has 1 saturated carbocycles. The topological polar surface area (TPSA) is 69.6 Å². The Kier molecular flexibility index (Phi) is 4.09. The Hall–Kier alpha value is -1.26. The van der Waals surface area contributed by atoms with E-state index < -0.39 is 11.4 Å². The number of nitrogens with one attached hydrogen (secondary N) is 1. The van der Waals surface area contributed by atoms with Crippen LogP contribution in [0, 0.1) is 5.41 Å². The molecule has 2 amide bonds. The minimum absolute atomic E-state index is 0.0931. The van der Waals surface area contributed by atoms with Crippen LogP contribution in [0.3, 0.4) is 0 Å². The van der Waals surface area contributed by atoms with E-state index in [0.717, 1.165) is 25.9 Å². The lowest BCUT2D eigenvalue weighted by molar-refractivity contribution is -0.143. The molecule has 0 radical (unpaired) electrons. The van der Waals surface area contributed by atoms with Crippen molar-refractivity contribution in [2.24, 2.45) is 5.41 Å². The average molecular weight is 254 g/mol. The van der Waals surface area contributed by atoms with Gasteiger partial charge in [0.2, 0.25) is 0 Å². The fourth-order valence-corrected chi connectivity index (χ4v) is 2.42. The van der Waals surface area contributed by atoms with E-state index in [0.29, 0.717) is 12.8 Å². The van der Waals surface area contributed by atoms with Crippen molar-refractivity contribution in [3.05, 3.63) is 0 Å². The van der Waals surface area contributed by atoms with Crippen LogP contribution in [0.15, 0.2) is 0 Å². The van der Waals surface area contributed by atoms with Crippen molar-refractivity contribution in [2.75, 3.05) is 19.6 Å². The summed E-state index contributed by atoms with van der Waals surface area (Å²) in [5.74, 6) is -0.782. The molecule has 0 aromatic heterocycles. The first-order valence-electron chi connectivity index (χ1n) is 6.90. The van der Waals surface area contributed by atoms with Crippen LogP contribution in [0.25, 0.3) is 0 Å². The Morgan fingerprint density at radius 1 is 1.06 bits per heavy atom. The molecule has 1 aliphatic carbocycles. The lowest BCUT2D eigenvalue weighted by Crippen LogP contribution is -2.44. The van der Waals surface area contributed by atoms with Gasteiger partial charge in [0.1, 0.15) is 0 Å². The van der Waals surface area contributed by atoms with Gasteiger partial charge in [-0.3, -0.25) is 4.79 Å². The van der Waals surface area contributed by atoms with E-state index in [1.807, 2.05) is 4.90 Å². The SMILES string of the molecule is O=C(NCC1(C(=O)O)CC1)N1CCCCCCC1. The number of hydrogen-bond donors (Lipinski definition) is 2. The van der Waals surface area contributed by atoms with Gasteiger partial charge in [0.05, 0.1) is 5.41 Å². The van der Waals surface area contributed by atoms with Crippen LogP contribution in [0.2, 0.25) is 0 Å². The molecule has 2 N–H and O–H groups in total. The molecule has 0 aromatic carbocycles. The Balaban J connectivity index is 1.78. The van der Waals surface area contributed by atoms with Gasteiger partial charge in [-0.15, -0.1) is 0 Å². The van der Waals surface area contributed by atoms with Crippen LogP contribution >= 0.6 is 0 Å². The maximum atomic E-state index is 12.0. The highest BCUT2D eigenvalue weighted by Crippen LogP contribution is 2.45. The maximum absolute atomic E-state index is 12.0. The lowest BCUT2D eigenvalue weighted by Gasteiger charge is -2.25. The van der Waals surface area contributed by atoms with Gasteiger partial charge >= 0.3 is 12.0 Å². The van der Waals surface area contributed by atoms with E-state index in [1.54, 1.807) is 0 Å². The van der Waals surface area contributed by atoms with Gasteiger partial charge in [0.25, 0.3) is 0 Å². The largest absolute Gasteiger partial charge is 0.481 e. The molecule has 2 aliphatic rings. The second-order valence-electron chi connectivity index (χ2n) is 5.50. The molecule has 1 saturated heterocycles. The Bertz CT molecular complexity index is 318. The van der Waals surface area contributed by atoms with Gasteiger partial charge in [-0.2, -0.15) is 0 Å². The molecule has 1 aliphatic heterocycles. The number of urea groups is 1. The standard InChI is InChI=1S/C13H22N2O3/c16-11(17)13(6-7-13)10-14-12(18)15-8-4-2-1-3-5-9-15/h1-10H2,(H,14,18)(H,16,17). The van der Waals surface area contributed by atoms with Gasteiger partial charge < -0.3 is 15.3 Å². The number of carboxylic acids is 1. The number of aliphatic carboxylic acids is 1. The minimum Gasteiger partial charge on any atom is -0.481 e. The van der Waals surface area contributed by atoms with E-state index in [-0.39, 0.29) is 12.6 Å². The second kappa shape index (κ2) is 5.59. The zero-order valence-corrected chi connectivity index (χ0v) is 10.8. The third kappa shape index (κ3) is 3.15. The predicted octanol–water partition coefficient (Wildman–Crippen LogP) is 1.83. The monoisotopic (exact) mass is 254 g/mol. The second-order valence-corrected chi connectivity index (χ2v) is 5.50. The van der Waals surface area contributed by atoms with Crippen LogP contribution in [0.4, 0.5) is 4.79 Å². The predicted molar refractivity (Wildman–Crippen MR) is 67.4 cm³/mol. The van der Waals surface area contributed by atoms with Crippen molar-refractivity contribution >= 4 is 12.0 Å². The zero-order valence-electron chi connectivity index (χ0n) is 10.8. The number of hydrogen-bond acceptors (Lipinski definition) is 2. The molecule has 5 nitrogen and oxygen atoms in total. The van der Waals surface area contributed by atoms with Crippen LogP contribution in [0.1, 0.15) is 44.9 Å². The summed E-state index contributed by atoms with van der Waals surface area (Å²) < 4.78 is 0. The lowest BCUT2D eigenvalue weighted by atomic mass is 10.1. The number of carbonyl (C=O) groups is 2. The van der Waals surface area contributed by atoms with E-state index in [1.165, 1.54) is 19.3 Å². The number of likely N-dealkylation sites (tertiary alicyclic amines) is 1. The van der Waals surface area contributed by atoms with Crippen LogP contribution in [-0.4, -0.2) is 41.6 Å². The first-order chi connectivity index (χ1) is 8.64. The summed E-state index contributed by atoms with van der Waals surface area (Å²) in [6.07, 6.45) is 7.10. The highest BCUT2D eigenvalue weighted by Gasteiger charge is 2.50. The van der Waals surface area contributed by atoms with Gasteiger partial charge in [-0.05, 0) is 25.7 Å². The molecule has 2 rings (SSSR count). The summed E-state index contributed by atoms with van der Waals surface area (Å²) in [5.41, 5.74) is -0.668. The first kappa shape index (κ1) is 13.2. The van der Waals surface area contributed by atoms with Crippen molar-refractivity contribution in [2.45, 2.75) is 44.9 Å². The molecular formula is C13H22N2O3. The van der Waals surface area contributed by atoms with E-state index in [9.17, 15) is 9.59 Å². The normalized spacial score (nSPS) is 22.8. The van der Waals surface area contributed by atoms with Crippen LogP contribution in [0.5, 0.6) is 0 Å². The summed E-state index contributed by atoms with van der Waals surface area (Å²) in [4.78, 5) is 24.8. The van der Waals surface area contributed by atoms with Crippen LogP contribution < -0.4 is 5.32 Å². The quantitative estimate of drug-likeness (QED) is 0.807. The molecule has 0 bridgehead atoms. The fraction of sp³-hybridized carbons (Fsp3) is 0.846. The number of rotatable bonds is 3. The number of amides is 2. The summed E-state index contributed by atoms with van der Waals surface area (Å²) in [5, 5.41) is 11.8. The summed E-state index contributed by atoms with van der Waals surface area (Å²) in [7, 11) is 0. The van der Waals surface area contributed by atoms with Crippen molar-refractivity contribution < 1.29 is 14.7 Å². The smallest absolute Gasteiger partial charge is 0.317 e. The molecule has 102 valence electrons. The molecule has 0 atom stereocenters. The van der Waals surface area contributed by atoms with Gasteiger partial charge in [0.15, 0.2) is 0 Å². The highest BCUT2D eigenvalue weighted by atomic mass is 16.4. The van der Waals surface area contributed by atoms with Crippen molar-refractivity contribution in [3.8, 4) is 0 Å². The Morgan fingerprint density at radius 2 is 1.61 bits per heavy atom. The number of carbonyl (C=O) groups excluding carboxylic acids is 1. The van der Waals surface area contributed by atoms with E-state index in [4.69, 9.17) is 5.11 Å². The van der Waals surface area contributed by atoms with Gasteiger partial charge in [-0.1, -0.05) is 19.3 Å². The van der Waals surface area contributed by atoms with Crippen molar-refractivity contribution in [1.82, 2.24) is 10.2 Å². The summed E-state index contributed by atoms with van der Waals surface area (Å²) in [6, 6.07) is -0.0931. The molecule has 0 spiro atoms. The maximum Gasteiger partial charge on any atom is 0.317 e. The third-order valence-corrected chi connectivity index (χ3v) is 4.03. The molecule has 2 fully saturated rings. The molecule has 0 aromatic rings. The Morgan fingerprint density at radius 3 is 2.11 bits per heavy atom. The zero-order chi connectivity index (χ0) is 13.0. The average Bonchev–Trinajstić information content (AvgIpc) is 3.06. The summed E-state index contributed by atoms with van der Waals surface area (Å²) >= 11 is 0. The minimum atomic E-state index is -0.782. The van der Waals surface area contributed by atoms with E-state index >= 15 is 0 Å². The highest BCUT2D eigenvalue weighted by molar-refractivity contribution is 5.80. The molecule has 0 unspecified atom stereocenters. The molecular weight excluding hydrogens is 232 g/mol. The number of carboxylic acid groups (broad SMARTS) is 1. The molecule has 18 heavy (non-hydrogen) atoms. The van der Waals surface area contributed by atoms with Gasteiger partial charge in [0, 0.05) is 19.6 Å². The molecule has 1 heterocycles. The number of nitrogens with zero attached hydrogens (tertiary/aromatic N) is 1. The summed E-state index contributed by atoms with van der Waals surface area (Å²) in [6.45, 7) is 1.87. The first-order valence-corrected chi connectivity index (χ1v) is 6.90. The third-order valence-electron chi connectivity index (χ3n) is 4.03. The van der Waals surface area contributed by atoms with Crippen molar-refractivity contribution in [1.29, 1.82) is 0 Å².